The van der Waals surface area contributed by atoms with Crippen LogP contribution in [-0.4, -0.2) is 19.7 Å². The van der Waals surface area contributed by atoms with Gasteiger partial charge >= 0.3 is 6.18 Å². The number of rotatable bonds is 6. The molecule has 0 spiro atoms. The fourth-order valence-electron chi connectivity index (χ4n) is 3.65. The molecule has 146 valence electrons. The van der Waals surface area contributed by atoms with Crippen molar-refractivity contribution in [1.82, 2.24) is 5.32 Å². The fourth-order valence-corrected chi connectivity index (χ4v) is 3.65. The molecule has 6 heteroatoms. The Bertz CT molecular complexity index is 733. The Labute approximate surface area is 156 Å². The lowest BCUT2D eigenvalue weighted by Crippen LogP contribution is -2.37. The molecule has 1 saturated heterocycles. The molecule has 1 heterocycles. The number of hydrogen-bond acceptors (Lipinski definition) is 2. The third-order valence-corrected chi connectivity index (χ3v) is 4.97. The Kier molecular flexibility index (Phi) is 6.50. The van der Waals surface area contributed by atoms with Crippen LogP contribution in [0.3, 0.4) is 0 Å². The summed E-state index contributed by atoms with van der Waals surface area (Å²) in [5, 5.41) is 3.35. The third-order valence-electron chi connectivity index (χ3n) is 4.97. The lowest BCUT2D eigenvalue weighted by atomic mass is 9.81. The maximum absolute atomic E-state index is 13.0. The molecule has 3 rings (SSSR count). The van der Waals surface area contributed by atoms with Crippen LogP contribution < -0.4 is 5.32 Å². The first-order valence-electron chi connectivity index (χ1n) is 9.07. The largest absolute Gasteiger partial charge is 0.416 e. The van der Waals surface area contributed by atoms with E-state index in [0.29, 0.717) is 18.1 Å². The first-order valence-corrected chi connectivity index (χ1v) is 9.07. The summed E-state index contributed by atoms with van der Waals surface area (Å²) < 4.78 is 57.6. The van der Waals surface area contributed by atoms with E-state index in [4.69, 9.17) is 4.74 Å². The molecule has 27 heavy (non-hydrogen) atoms. The van der Waals surface area contributed by atoms with Crippen LogP contribution >= 0.6 is 0 Å². The van der Waals surface area contributed by atoms with E-state index < -0.39 is 18.4 Å². The van der Waals surface area contributed by atoms with Gasteiger partial charge in [-0.05, 0) is 47.7 Å². The van der Waals surface area contributed by atoms with E-state index in [2.05, 4.69) is 17.4 Å². The summed E-state index contributed by atoms with van der Waals surface area (Å²) in [5.74, 6) is 0.600. The maximum atomic E-state index is 13.0. The van der Waals surface area contributed by atoms with Crippen molar-refractivity contribution in [3.63, 3.8) is 0 Å². The van der Waals surface area contributed by atoms with E-state index in [0.717, 1.165) is 31.6 Å². The predicted octanol–water partition coefficient (Wildman–Crippen LogP) is 5.08. The molecule has 1 aliphatic heterocycles. The summed E-state index contributed by atoms with van der Waals surface area (Å²) in [6.07, 6.45) is -3.50. The second-order valence-electron chi connectivity index (χ2n) is 6.95. The molecule has 2 aromatic rings. The molecule has 2 atom stereocenters. The highest BCUT2D eigenvalue weighted by molar-refractivity contribution is 5.31. The second-order valence-corrected chi connectivity index (χ2v) is 6.95. The Morgan fingerprint density at radius 3 is 2.48 bits per heavy atom. The molecule has 0 amide bonds. The summed E-state index contributed by atoms with van der Waals surface area (Å²) in [6, 6.07) is 13.5. The highest BCUT2D eigenvalue weighted by Gasteiger charge is 2.31. The van der Waals surface area contributed by atoms with Gasteiger partial charge in [-0.25, -0.2) is 4.39 Å². The van der Waals surface area contributed by atoms with Crippen LogP contribution in [0.2, 0.25) is 0 Å². The molecule has 0 bridgehead atoms. The smallest absolute Gasteiger partial charge is 0.376 e. The number of benzene rings is 2. The van der Waals surface area contributed by atoms with Gasteiger partial charge in [0.25, 0.3) is 0 Å². The minimum atomic E-state index is -4.49. The van der Waals surface area contributed by atoms with Crippen molar-refractivity contribution in [2.45, 2.75) is 31.8 Å². The first-order chi connectivity index (χ1) is 13.0. The van der Waals surface area contributed by atoms with Crippen LogP contribution in [0.5, 0.6) is 0 Å². The Hall–Kier alpha value is -1.92. The zero-order chi connectivity index (χ0) is 19.3. The number of piperidine rings is 1. The topological polar surface area (TPSA) is 21.3 Å². The molecule has 2 aromatic carbocycles. The summed E-state index contributed by atoms with van der Waals surface area (Å²) >= 11 is 0. The highest BCUT2D eigenvalue weighted by Crippen LogP contribution is 2.32. The van der Waals surface area contributed by atoms with Gasteiger partial charge in [-0.15, -0.1) is 0 Å². The lowest BCUT2D eigenvalue weighted by Gasteiger charge is -2.32. The molecule has 0 aromatic heterocycles. The van der Waals surface area contributed by atoms with Crippen LogP contribution in [0, 0.1) is 5.92 Å². The maximum Gasteiger partial charge on any atom is 0.416 e. The quantitative estimate of drug-likeness (QED) is 0.704. The molecular formula is C21H23F4NO. The molecule has 0 aliphatic carbocycles. The normalized spacial score (nSPS) is 20.6. The van der Waals surface area contributed by atoms with Crippen LogP contribution in [0.4, 0.5) is 17.6 Å². The van der Waals surface area contributed by atoms with Crippen molar-refractivity contribution in [2.75, 3.05) is 19.7 Å². The lowest BCUT2D eigenvalue weighted by molar-refractivity contribution is -0.137. The molecule has 2 nitrogen and oxygen atoms in total. The molecular weight excluding hydrogens is 358 g/mol. The molecule has 1 aliphatic rings. The van der Waals surface area contributed by atoms with Gasteiger partial charge in [-0.3, -0.25) is 0 Å². The average Bonchev–Trinajstić information content (AvgIpc) is 2.68. The van der Waals surface area contributed by atoms with Gasteiger partial charge in [-0.2, -0.15) is 13.2 Å². The standard InChI is InChI=1S/C21H23F4NO/c22-11-15-8-16(10-19(9-15)21(23,24)25)13-27-14-18-12-26-7-6-20(18)17-4-2-1-3-5-17/h1-5,8-10,18,20,26H,6-7,11-14H2/t18-,20-/m0/s1. The van der Waals surface area contributed by atoms with E-state index in [-0.39, 0.29) is 18.1 Å². The number of hydrogen-bond donors (Lipinski definition) is 1. The average molecular weight is 381 g/mol. The molecule has 0 radical (unpaired) electrons. The summed E-state index contributed by atoms with van der Waals surface area (Å²) in [5.41, 5.74) is 0.784. The van der Waals surface area contributed by atoms with Crippen LogP contribution in [0.1, 0.15) is 34.6 Å². The molecule has 0 unspecified atom stereocenters. The van der Waals surface area contributed by atoms with Crippen molar-refractivity contribution in [3.8, 4) is 0 Å². The minimum Gasteiger partial charge on any atom is -0.376 e. The van der Waals surface area contributed by atoms with Crippen molar-refractivity contribution in [1.29, 1.82) is 0 Å². The van der Waals surface area contributed by atoms with Crippen molar-refractivity contribution >= 4 is 0 Å². The molecule has 0 saturated carbocycles. The minimum absolute atomic E-state index is 0.0184. The van der Waals surface area contributed by atoms with Gasteiger partial charge in [0.2, 0.25) is 0 Å². The van der Waals surface area contributed by atoms with Crippen molar-refractivity contribution in [2.24, 2.45) is 5.92 Å². The third kappa shape index (κ3) is 5.30. The van der Waals surface area contributed by atoms with Gasteiger partial charge < -0.3 is 10.1 Å². The van der Waals surface area contributed by atoms with E-state index >= 15 is 0 Å². The monoisotopic (exact) mass is 381 g/mol. The first kappa shape index (κ1) is 19.8. The van der Waals surface area contributed by atoms with Crippen LogP contribution in [-0.2, 0) is 24.2 Å². The van der Waals surface area contributed by atoms with Crippen molar-refractivity contribution in [3.05, 3.63) is 70.8 Å². The van der Waals surface area contributed by atoms with Crippen LogP contribution in [0.25, 0.3) is 0 Å². The van der Waals surface area contributed by atoms with E-state index in [9.17, 15) is 17.6 Å². The Morgan fingerprint density at radius 2 is 1.78 bits per heavy atom. The SMILES string of the molecule is FCc1cc(COC[C@@H]2CNCC[C@H]2c2ccccc2)cc(C(F)(F)F)c1. The molecule has 1 N–H and O–H groups in total. The predicted molar refractivity (Wildman–Crippen MR) is 96.1 cm³/mol. The molecule has 1 fully saturated rings. The highest BCUT2D eigenvalue weighted by atomic mass is 19.4. The fraction of sp³-hybridized carbons (Fsp3) is 0.429. The second kappa shape index (κ2) is 8.85. The zero-order valence-electron chi connectivity index (χ0n) is 14.9. The summed E-state index contributed by atoms with van der Waals surface area (Å²) in [7, 11) is 0. The number of halogens is 4. The Balaban J connectivity index is 1.64. The van der Waals surface area contributed by atoms with Crippen molar-refractivity contribution < 1.29 is 22.3 Å². The summed E-state index contributed by atoms with van der Waals surface area (Å²) in [6.45, 7) is 1.28. The van der Waals surface area contributed by atoms with Gasteiger partial charge in [0.15, 0.2) is 0 Å². The van der Waals surface area contributed by atoms with Gasteiger partial charge in [0, 0.05) is 12.5 Å². The van der Waals surface area contributed by atoms with E-state index in [1.807, 2.05) is 18.2 Å². The van der Waals surface area contributed by atoms with E-state index in [1.165, 1.54) is 11.6 Å². The number of alkyl halides is 4. The zero-order valence-corrected chi connectivity index (χ0v) is 14.9. The van der Waals surface area contributed by atoms with Gasteiger partial charge in [-0.1, -0.05) is 36.4 Å². The number of ether oxygens (including phenoxy) is 1. The summed E-state index contributed by atoms with van der Waals surface area (Å²) in [4.78, 5) is 0. The van der Waals surface area contributed by atoms with Gasteiger partial charge in [0.1, 0.15) is 6.67 Å². The Morgan fingerprint density at radius 1 is 1.04 bits per heavy atom. The number of nitrogens with one attached hydrogen (secondary N) is 1. The van der Waals surface area contributed by atoms with Crippen LogP contribution in [0.15, 0.2) is 48.5 Å². The van der Waals surface area contributed by atoms with Gasteiger partial charge in [0.05, 0.1) is 18.8 Å². The van der Waals surface area contributed by atoms with E-state index in [1.54, 1.807) is 0 Å².